The fourth-order valence-electron chi connectivity index (χ4n) is 4.99. The molecule has 42 heavy (non-hydrogen) atoms. The van der Waals surface area contributed by atoms with Crippen LogP contribution in [0.5, 0.6) is 0 Å². The number of aliphatic hydroxyl groups is 1. The van der Waals surface area contributed by atoms with Crippen molar-refractivity contribution in [2.24, 2.45) is 11.8 Å². The van der Waals surface area contributed by atoms with Gasteiger partial charge >= 0.3 is 5.97 Å². The normalized spacial score (nSPS) is 16.1. The Morgan fingerprint density at radius 2 is 1.36 bits per heavy atom. The number of rotatable bonds is 8. The van der Waals surface area contributed by atoms with Crippen molar-refractivity contribution in [2.75, 3.05) is 49.2 Å². The monoisotopic (exact) mass is 682 g/mol. The Balaban J connectivity index is 0.000000216. The third-order valence-electron chi connectivity index (χ3n) is 7.46. The van der Waals surface area contributed by atoms with Gasteiger partial charge in [-0.1, -0.05) is 23.2 Å². The number of anilines is 2. The van der Waals surface area contributed by atoms with E-state index in [1.165, 1.54) is 12.1 Å². The quantitative estimate of drug-likeness (QED) is 0.277. The number of aliphatic hydroxyl groups excluding tert-OH is 1. The Labute approximate surface area is 263 Å². The maximum Gasteiger partial charge on any atom is 0.338 e. The minimum absolute atomic E-state index is 0.223. The van der Waals surface area contributed by atoms with Crippen molar-refractivity contribution in [3.8, 4) is 0 Å². The highest BCUT2D eigenvalue weighted by Gasteiger charge is 2.22. The molecule has 4 heterocycles. The number of esters is 1. The number of carbonyl (C=O) groups excluding carboxylic acids is 1. The van der Waals surface area contributed by atoms with Crippen molar-refractivity contribution in [3.63, 3.8) is 0 Å². The first kappa shape index (κ1) is 32.3. The van der Waals surface area contributed by atoms with E-state index in [-0.39, 0.29) is 5.56 Å². The van der Waals surface area contributed by atoms with E-state index in [4.69, 9.17) is 33.0 Å². The largest absolute Gasteiger partial charge is 0.462 e. The van der Waals surface area contributed by atoms with E-state index in [2.05, 4.69) is 45.7 Å². The van der Waals surface area contributed by atoms with Crippen molar-refractivity contribution in [2.45, 2.75) is 38.5 Å². The van der Waals surface area contributed by atoms with Crippen molar-refractivity contribution in [1.82, 2.24) is 19.9 Å². The van der Waals surface area contributed by atoms with Crippen LogP contribution in [0.1, 0.15) is 48.9 Å². The summed E-state index contributed by atoms with van der Waals surface area (Å²) in [6, 6.07) is 4.22. The van der Waals surface area contributed by atoms with Crippen LogP contribution in [0, 0.1) is 17.7 Å². The summed E-state index contributed by atoms with van der Waals surface area (Å²) in [4.78, 5) is 33.2. The van der Waals surface area contributed by atoms with Crippen LogP contribution in [0.4, 0.5) is 16.3 Å². The van der Waals surface area contributed by atoms with E-state index in [1.807, 2.05) is 0 Å². The van der Waals surface area contributed by atoms with Gasteiger partial charge in [0, 0.05) is 32.8 Å². The summed E-state index contributed by atoms with van der Waals surface area (Å²) >= 11 is 14.6. The number of hydrogen-bond donors (Lipinski definition) is 1. The highest BCUT2D eigenvalue weighted by molar-refractivity contribution is 9.10. The molecule has 2 aromatic heterocycles. The zero-order valence-corrected chi connectivity index (χ0v) is 26.2. The topological polar surface area (TPSA) is 105 Å². The van der Waals surface area contributed by atoms with Crippen LogP contribution in [-0.4, -0.2) is 70.4 Å². The lowest BCUT2D eigenvalue weighted by atomic mass is 9.94. The van der Waals surface area contributed by atoms with Crippen LogP contribution in [0.3, 0.4) is 0 Å². The predicted octanol–water partition coefficient (Wildman–Crippen LogP) is 6.22. The van der Waals surface area contributed by atoms with Gasteiger partial charge in [-0.05, 0) is 84.5 Å². The predicted molar refractivity (Wildman–Crippen MR) is 165 cm³/mol. The van der Waals surface area contributed by atoms with Crippen LogP contribution in [0.15, 0.2) is 47.5 Å². The van der Waals surface area contributed by atoms with Gasteiger partial charge in [0.1, 0.15) is 5.82 Å². The molecule has 0 saturated carbocycles. The Bertz CT molecular complexity index is 1280. The number of halogens is 4. The molecule has 13 heteroatoms. The molecule has 0 aliphatic carbocycles. The summed E-state index contributed by atoms with van der Waals surface area (Å²) in [6.45, 7) is 4.27. The first-order chi connectivity index (χ1) is 20.3. The van der Waals surface area contributed by atoms with Crippen molar-refractivity contribution in [3.05, 3.63) is 68.9 Å². The van der Waals surface area contributed by atoms with Gasteiger partial charge in [0.05, 0.1) is 51.5 Å². The van der Waals surface area contributed by atoms with Gasteiger partial charge in [0.2, 0.25) is 11.9 Å². The molecule has 1 N–H and O–H groups in total. The number of ether oxygens (including phenoxy) is 1. The van der Waals surface area contributed by atoms with Gasteiger partial charge in [-0.15, -0.1) is 0 Å². The smallest absolute Gasteiger partial charge is 0.338 e. The number of carbonyl (C=O) groups is 1. The molecule has 0 radical (unpaired) electrons. The molecule has 2 aliphatic heterocycles. The molecular formula is C29H34BrCl2FN6O3. The summed E-state index contributed by atoms with van der Waals surface area (Å²) < 4.78 is 19.1. The zero-order chi connectivity index (χ0) is 29.9. The lowest BCUT2D eigenvalue weighted by molar-refractivity contribution is 0.0477. The molecule has 0 spiro atoms. The molecule has 2 saturated heterocycles. The second-order valence-electron chi connectivity index (χ2n) is 10.3. The number of aromatic nitrogens is 4. The molecule has 5 rings (SSSR count). The number of benzene rings is 1. The number of hydrogen-bond acceptors (Lipinski definition) is 9. The van der Waals surface area contributed by atoms with E-state index in [0.717, 1.165) is 70.7 Å². The Kier molecular flexibility index (Phi) is 12.5. The SMILES string of the molecule is O=C(OCCC1CCN(c2ncc(Cl)cn2)CC1)c1ccc(Br)c(F)c1.OCCC1CCN(c2ncc(Cl)cn2)CC1. The third-order valence-corrected chi connectivity index (χ3v) is 8.49. The van der Waals surface area contributed by atoms with Gasteiger partial charge in [0.25, 0.3) is 0 Å². The van der Waals surface area contributed by atoms with Gasteiger partial charge in [-0.25, -0.2) is 29.1 Å². The lowest BCUT2D eigenvalue weighted by Crippen LogP contribution is -2.35. The molecule has 2 fully saturated rings. The highest BCUT2D eigenvalue weighted by atomic mass is 79.9. The zero-order valence-electron chi connectivity index (χ0n) is 23.1. The molecule has 0 unspecified atom stereocenters. The van der Waals surface area contributed by atoms with Crippen LogP contribution in [-0.2, 0) is 4.74 Å². The van der Waals surface area contributed by atoms with Crippen molar-refractivity contribution in [1.29, 1.82) is 0 Å². The molecule has 2 aliphatic rings. The average molecular weight is 684 g/mol. The summed E-state index contributed by atoms with van der Waals surface area (Å²) in [5.41, 5.74) is 0.223. The molecule has 3 aromatic rings. The van der Waals surface area contributed by atoms with Crippen LogP contribution in [0.25, 0.3) is 0 Å². The van der Waals surface area contributed by atoms with E-state index in [0.29, 0.717) is 45.5 Å². The average Bonchev–Trinajstić information content (AvgIpc) is 3.01. The maximum absolute atomic E-state index is 13.5. The molecular weight excluding hydrogens is 650 g/mol. The minimum Gasteiger partial charge on any atom is -0.462 e. The molecule has 9 nitrogen and oxygen atoms in total. The van der Waals surface area contributed by atoms with Crippen molar-refractivity contribution >= 4 is 57.0 Å². The van der Waals surface area contributed by atoms with E-state index >= 15 is 0 Å². The third kappa shape index (κ3) is 9.72. The van der Waals surface area contributed by atoms with Crippen LogP contribution < -0.4 is 9.80 Å². The van der Waals surface area contributed by atoms with Gasteiger partial charge in [0.15, 0.2) is 0 Å². The lowest BCUT2D eigenvalue weighted by Gasteiger charge is -2.31. The maximum atomic E-state index is 13.5. The van der Waals surface area contributed by atoms with Crippen LogP contribution in [0.2, 0.25) is 10.0 Å². The Hall–Kier alpha value is -2.60. The fourth-order valence-corrected chi connectivity index (χ4v) is 5.43. The Morgan fingerprint density at radius 3 is 1.81 bits per heavy atom. The number of nitrogens with zero attached hydrogens (tertiary/aromatic N) is 6. The van der Waals surface area contributed by atoms with Crippen molar-refractivity contribution < 1.29 is 19.0 Å². The molecule has 226 valence electrons. The second-order valence-corrected chi connectivity index (χ2v) is 12.1. The standard InChI is InChI=1S/C18H18BrClFN3O2.C11H16ClN3O/c19-15-2-1-13(9-16(15)21)17(25)26-8-5-12-3-6-24(7-4-12)18-22-10-14(20)11-23-18;12-10-7-13-11(14-8-10)15-4-1-9(2-5-15)3-6-16/h1-2,9-12H,3-8H2;7-9,16H,1-6H2. The fraction of sp³-hybridized carbons (Fsp3) is 0.483. The van der Waals surface area contributed by atoms with Gasteiger partial charge < -0.3 is 19.6 Å². The summed E-state index contributed by atoms with van der Waals surface area (Å²) in [6.07, 6.45) is 12.3. The summed E-state index contributed by atoms with van der Waals surface area (Å²) in [5.74, 6) is 1.60. The Morgan fingerprint density at radius 1 is 0.881 bits per heavy atom. The van der Waals surface area contributed by atoms with Gasteiger partial charge in [-0.2, -0.15) is 0 Å². The minimum atomic E-state index is -0.497. The molecule has 0 amide bonds. The summed E-state index contributed by atoms with van der Waals surface area (Å²) in [5, 5.41) is 9.97. The van der Waals surface area contributed by atoms with E-state index in [1.54, 1.807) is 30.9 Å². The molecule has 1 aromatic carbocycles. The van der Waals surface area contributed by atoms with Gasteiger partial charge in [-0.3, -0.25) is 0 Å². The van der Waals surface area contributed by atoms with E-state index < -0.39 is 11.8 Å². The first-order valence-corrected chi connectivity index (χ1v) is 15.5. The van der Waals surface area contributed by atoms with E-state index in [9.17, 15) is 9.18 Å². The molecule has 0 atom stereocenters. The summed E-state index contributed by atoms with van der Waals surface area (Å²) in [7, 11) is 0. The second kappa shape index (κ2) is 16.3. The first-order valence-electron chi connectivity index (χ1n) is 14.0. The number of piperidine rings is 2. The molecule has 0 bridgehead atoms. The van der Waals surface area contributed by atoms with Crippen LogP contribution >= 0.6 is 39.1 Å². The highest BCUT2D eigenvalue weighted by Crippen LogP contribution is 2.25.